The van der Waals surface area contributed by atoms with E-state index >= 15 is 0 Å². The second kappa shape index (κ2) is 8.61. The molecule has 144 valence electrons. The molecule has 2 heterocycles. The van der Waals surface area contributed by atoms with Crippen molar-refractivity contribution >= 4 is 23.4 Å². The molecule has 0 aliphatic carbocycles. The molecule has 0 spiro atoms. The summed E-state index contributed by atoms with van der Waals surface area (Å²) in [6.07, 6.45) is 2.34. The van der Waals surface area contributed by atoms with E-state index in [-0.39, 0.29) is 5.69 Å². The zero-order chi connectivity index (χ0) is 19.2. The molecule has 2 aromatic rings. The predicted molar refractivity (Wildman–Crippen MR) is 100 cm³/mol. The number of aromatic nitrogens is 2. The van der Waals surface area contributed by atoms with E-state index in [9.17, 15) is 13.6 Å². The molecular weight excluding hydrogens is 354 g/mol. The number of halogens is 2. The summed E-state index contributed by atoms with van der Waals surface area (Å²) >= 11 is 0. The number of carbonyl (C=O) groups excluding carboxylic acids is 1. The minimum atomic E-state index is -1.01. The Morgan fingerprint density at radius 2 is 1.89 bits per heavy atom. The largest absolute Gasteiger partial charge is 0.368 e. The van der Waals surface area contributed by atoms with E-state index < -0.39 is 17.7 Å². The van der Waals surface area contributed by atoms with Crippen molar-refractivity contribution < 1.29 is 13.6 Å². The third-order valence-electron chi connectivity index (χ3n) is 4.15. The van der Waals surface area contributed by atoms with Gasteiger partial charge >= 0.3 is 6.03 Å². The van der Waals surface area contributed by atoms with Gasteiger partial charge in [0.25, 0.3) is 0 Å². The van der Waals surface area contributed by atoms with E-state index in [4.69, 9.17) is 0 Å². The van der Waals surface area contributed by atoms with Crippen molar-refractivity contribution in [2.45, 2.75) is 19.8 Å². The van der Waals surface area contributed by atoms with Crippen LogP contribution in [-0.4, -0.2) is 42.2 Å². The van der Waals surface area contributed by atoms with Crippen LogP contribution in [-0.2, 0) is 0 Å². The van der Waals surface area contributed by atoms with Crippen molar-refractivity contribution in [2.75, 3.05) is 41.7 Å². The SMILES string of the molecule is Cc1nc(NCCNC(=O)Nc2ccc(F)c(F)c2)cc(N2CCCC2)n1. The van der Waals surface area contributed by atoms with Gasteiger partial charge in [0, 0.05) is 44.0 Å². The van der Waals surface area contributed by atoms with Crippen molar-refractivity contribution in [3.8, 4) is 0 Å². The molecule has 0 saturated carbocycles. The summed E-state index contributed by atoms with van der Waals surface area (Å²) in [6.45, 7) is 4.64. The van der Waals surface area contributed by atoms with Gasteiger partial charge < -0.3 is 20.9 Å². The number of aryl methyl sites for hydroxylation is 1. The zero-order valence-corrected chi connectivity index (χ0v) is 15.1. The highest BCUT2D eigenvalue weighted by atomic mass is 19.2. The fourth-order valence-corrected chi connectivity index (χ4v) is 2.87. The number of hydrogen-bond donors (Lipinski definition) is 3. The summed E-state index contributed by atoms with van der Waals surface area (Å²) in [6, 6.07) is 4.58. The normalized spacial score (nSPS) is 13.5. The summed E-state index contributed by atoms with van der Waals surface area (Å²) in [5, 5.41) is 8.24. The minimum Gasteiger partial charge on any atom is -0.368 e. The van der Waals surface area contributed by atoms with Crippen LogP contribution >= 0.6 is 0 Å². The average molecular weight is 376 g/mol. The number of amides is 2. The van der Waals surface area contributed by atoms with Gasteiger partial charge in [-0.2, -0.15) is 0 Å². The second-order valence-electron chi connectivity index (χ2n) is 6.29. The first kappa shape index (κ1) is 18.8. The quantitative estimate of drug-likeness (QED) is 0.676. The van der Waals surface area contributed by atoms with Crippen molar-refractivity contribution in [2.24, 2.45) is 0 Å². The van der Waals surface area contributed by atoms with Crippen LogP contribution in [0.5, 0.6) is 0 Å². The highest BCUT2D eigenvalue weighted by Gasteiger charge is 2.15. The Morgan fingerprint density at radius 1 is 1.11 bits per heavy atom. The minimum absolute atomic E-state index is 0.182. The topological polar surface area (TPSA) is 82.2 Å². The number of anilines is 3. The summed E-state index contributed by atoms with van der Waals surface area (Å²) in [5.74, 6) is 0.325. The molecule has 9 heteroatoms. The van der Waals surface area contributed by atoms with E-state index in [0.717, 1.165) is 31.0 Å². The van der Waals surface area contributed by atoms with Crippen molar-refractivity contribution in [3.05, 3.63) is 41.7 Å². The van der Waals surface area contributed by atoms with Crippen LogP contribution in [0.1, 0.15) is 18.7 Å². The molecule has 2 amide bonds. The van der Waals surface area contributed by atoms with E-state index in [1.807, 2.05) is 13.0 Å². The summed E-state index contributed by atoms with van der Waals surface area (Å²) in [5.41, 5.74) is 0.182. The molecule has 1 aliphatic rings. The lowest BCUT2D eigenvalue weighted by atomic mass is 10.3. The van der Waals surface area contributed by atoms with Gasteiger partial charge in [0.1, 0.15) is 17.5 Å². The summed E-state index contributed by atoms with van der Waals surface area (Å²) < 4.78 is 26.0. The average Bonchev–Trinajstić information content (AvgIpc) is 3.16. The van der Waals surface area contributed by atoms with Gasteiger partial charge in [0.15, 0.2) is 11.6 Å². The highest BCUT2D eigenvalue weighted by Crippen LogP contribution is 2.20. The molecule has 7 nitrogen and oxygen atoms in total. The Morgan fingerprint density at radius 3 is 2.63 bits per heavy atom. The Labute approximate surface area is 156 Å². The molecule has 3 N–H and O–H groups in total. The third-order valence-corrected chi connectivity index (χ3v) is 4.15. The maximum atomic E-state index is 13.1. The first-order chi connectivity index (χ1) is 13.0. The van der Waals surface area contributed by atoms with Crippen LogP contribution in [0.4, 0.5) is 30.9 Å². The van der Waals surface area contributed by atoms with Gasteiger partial charge in [0.2, 0.25) is 0 Å². The van der Waals surface area contributed by atoms with E-state index in [1.54, 1.807) is 0 Å². The monoisotopic (exact) mass is 376 g/mol. The fourth-order valence-electron chi connectivity index (χ4n) is 2.87. The first-order valence-corrected chi connectivity index (χ1v) is 8.86. The number of carbonyl (C=O) groups is 1. The lowest BCUT2D eigenvalue weighted by Gasteiger charge is -2.17. The molecule has 1 fully saturated rings. The maximum Gasteiger partial charge on any atom is 0.319 e. The second-order valence-corrected chi connectivity index (χ2v) is 6.29. The molecule has 0 radical (unpaired) electrons. The van der Waals surface area contributed by atoms with Crippen LogP contribution in [0.3, 0.4) is 0 Å². The van der Waals surface area contributed by atoms with E-state index in [2.05, 4.69) is 30.8 Å². The van der Waals surface area contributed by atoms with Gasteiger partial charge in [-0.25, -0.2) is 23.5 Å². The molecule has 1 aromatic heterocycles. The first-order valence-electron chi connectivity index (χ1n) is 8.86. The lowest BCUT2D eigenvalue weighted by molar-refractivity contribution is 0.252. The number of urea groups is 1. The van der Waals surface area contributed by atoms with Crippen LogP contribution in [0.25, 0.3) is 0 Å². The van der Waals surface area contributed by atoms with Gasteiger partial charge in [-0.3, -0.25) is 0 Å². The van der Waals surface area contributed by atoms with Crippen molar-refractivity contribution in [1.29, 1.82) is 0 Å². The molecule has 1 aliphatic heterocycles. The Kier molecular flexibility index (Phi) is 6.00. The number of rotatable bonds is 6. The van der Waals surface area contributed by atoms with E-state index in [1.165, 1.54) is 18.9 Å². The van der Waals surface area contributed by atoms with Gasteiger partial charge in [-0.1, -0.05) is 0 Å². The number of benzene rings is 1. The van der Waals surface area contributed by atoms with Gasteiger partial charge in [-0.15, -0.1) is 0 Å². The highest BCUT2D eigenvalue weighted by molar-refractivity contribution is 5.89. The maximum absolute atomic E-state index is 13.1. The van der Waals surface area contributed by atoms with Crippen LogP contribution in [0.2, 0.25) is 0 Å². The van der Waals surface area contributed by atoms with Crippen LogP contribution < -0.4 is 20.9 Å². The molecule has 0 unspecified atom stereocenters. The fraction of sp³-hybridized carbons (Fsp3) is 0.389. The Balaban J connectivity index is 1.45. The molecule has 1 saturated heterocycles. The number of nitrogens with zero attached hydrogens (tertiary/aromatic N) is 3. The van der Waals surface area contributed by atoms with Crippen LogP contribution in [0.15, 0.2) is 24.3 Å². The molecule has 0 atom stereocenters. The molecule has 0 bridgehead atoms. The Bertz CT molecular complexity index is 810. The van der Waals surface area contributed by atoms with Crippen molar-refractivity contribution in [1.82, 2.24) is 15.3 Å². The van der Waals surface area contributed by atoms with Gasteiger partial charge in [0.05, 0.1) is 0 Å². The molecule has 27 heavy (non-hydrogen) atoms. The number of nitrogens with one attached hydrogen (secondary N) is 3. The lowest BCUT2D eigenvalue weighted by Crippen LogP contribution is -2.32. The van der Waals surface area contributed by atoms with Gasteiger partial charge in [-0.05, 0) is 31.9 Å². The molecule has 3 rings (SSSR count). The summed E-state index contributed by atoms with van der Waals surface area (Å²) in [4.78, 5) is 22.9. The predicted octanol–water partition coefficient (Wildman–Crippen LogP) is 2.90. The zero-order valence-electron chi connectivity index (χ0n) is 15.1. The third kappa shape index (κ3) is 5.25. The molecular formula is C18H22F2N6O. The smallest absolute Gasteiger partial charge is 0.319 e. The Hall–Kier alpha value is -2.97. The van der Waals surface area contributed by atoms with Crippen molar-refractivity contribution in [3.63, 3.8) is 0 Å². The standard InChI is InChI=1S/C18H22F2N6O/c1-12-23-16(11-17(24-12)26-8-2-3-9-26)21-6-7-22-18(27)25-13-4-5-14(19)15(20)10-13/h4-5,10-11H,2-3,6-9H2,1H3,(H,21,23,24)(H2,22,25,27). The number of hydrogen-bond acceptors (Lipinski definition) is 5. The van der Waals surface area contributed by atoms with Crippen LogP contribution in [0, 0.1) is 18.6 Å². The van der Waals surface area contributed by atoms with E-state index in [0.29, 0.717) is 24.7 Å². The summed E-state index contributed by atoms with van der Waals surface area (Å²) in [7, 11) is 0. The molecule has 1 aromatic carbocycles.